The van der Waals surface area contributed by atoms with E-state index in [-0.39, 0.29) is 36.5 Å². The molecule has 0 saturated heterocycles. The first-order valence-electron chi connectivity index (χ1n) is 2.99. The number of carbonyl (C=O) groups excluding carboxylic acids is 1. The fourth-order valence-electron chi connectivity index (χ4n) is 0.667. The zero-order chi connectivity index (χ0) is 8.27. The maximum atomic E-state index is 10.9. The summed E-state index contributed by atoms with van der Waals surface area (Å²) in [4.78, 5) is 10.9. The van der Waals surface area contributed by atoms with Gasteiger partial charge in [-0.15, -0.1) is 35.9 Å². The van der Waals surface area contributed by atoms with E-state index in [2.05, 4.69) is 10.8 Å². The Labute approximate surface area is 105 Å². The van der Waals surface area contributed by atoms with Crippen LogP contribution in [0.3, 0.4) is 0 Å². The predicted molar refractivity (Wildman–Crippen MR) is 41.6 cm³/mol. The van der Waals surface area contributed by atoms with Crippen LogP contribution in [0, 0.1) is 6.07 Å². The summed E-state index contributed by atoms with van der Waals surface area (Å²) >= 11 is 5.62. The quantitative estimate of drug-likeness (QED) is 0.375. The second-order valence-corrected chi connectivity index (χ2v) is 2.35. The van der Waals surface area contributed by atoms with Crippen LogP contribution in [0.15, 0.2) is 18.2 Å². The van der Waals surface area contributed by atoms with Gasteiger partial charge in [-0.2, -0.15) is 0 Å². The molecule has 0 fully saturated rings. The van der Waals surface area contributed by atoms with Crippen molar-refractivity contribution in [2.45, 2.75) is 0 Å². The molecule has 1 rings (SSSR count). The van der Waals surface area contributed by atoms with Gasteiger partial charge in [-0.1, -0.05) is 5.56 Å². The number of carbonyl (C=O) groups is 1. The van der Waals surface area contributed by atoms with E-state index in [1.54, 1.807) is 12.1 Å². The van der Waals surface area contributed by atoms with Crippen molar-refractivity contribution in [3.8, 4) is 0 Å². The molecule has 0 atom stereocenters. The van der Waals surface area contributed by atoms with Crippen molar-refractivity contribution in [1.29, 1.82) is 0 Å². The van der Waals surface area contributed by atoms with Gasteiger partial charge >= 0.3 is 19.5 Å². The summed E-state index contributed by atoms with van der Waals surface area (Å²) < 4.78 is 4.46. The summed E-state index contributed by atoms with van der Waals surface area (Å²) in [6.45, 7) is 0. The molecule has 0 bridgehead atoms. The average Bonchev–Trinajstić information content (AvgIpc) is 2.03. The summed E-state index contributed by atoms with van der Waals surface area (Å²) in [5.74, 6) is -0.424. The van der Waals surface area contributed by atoms with E-state index < -0.39 is 5.97 Å². The molecule has 0 aliphatic carbocycles. The molecule has 0 N–H and O–H groups in total. The topological polar surface area (TPSA) is 26.3 Å². The Morgan fingerprint density at radius 1 is 1.62 bits per heavy atom. The van der Waals surface area contributed by atoms with Gasteiger partial charge in [0.15, 0.2) is 0 Å². The molecule has 0 aromatic heterocycles. The van der Waals surface area contributed by atoms with Crippen LogP contribution in [0.25, 0.3) is 0 Å². The van der Waals surface area contributed by atoms with Gasteiger partial charge in [0.2, 0.25) is 5.97 Å². The maximum Gasteiger partial charge on any atom is 2.00 e. The van der Waals surface area contributed by atoms with Gasteiger partial charge in [0.1, 0.15) is 0 Å². The third-order valence-corrected chi connectivity index (χ3v) is 1.40. The molecule has 0 aliphatic heterocycles. The molecule has 2 nitrogen and oxygen atoms in total. The SMILES string of the molecule is COC(=O)c1[c-]ccc(Cl)c1.[Br-].[Zn+2]. The second kappa shape index (κ2) is 7.48. The monoisotopic (exact) mass is 312 g/mol. The molecule has 1 aromatic rings. The molecule has 0 spiro atoms. The molecule has 0 aliphatic rings. The van der Waals surface area contributed by atoms with Crippen molar-refractivity contribution in [3.05, 3.63) is 34.9 Å². The van der Waals surface area contributed by atoms with Crippen molar-refractivity contribution >= 4 is 17.6 Å². The van der Waals surface area contributed by atoms with E-state index in [4.69, 9.17) is 11.6 Å². The summed E-state index contributed by atoms with van der Waals surface area (Å²) in [6, 6.07) is 7.43. The molecule has 0 heterocycles. The third kappa shape index (κ3) is 4.75. The van der Waals surface area contributed by atoms with Crippen molar-refractivity contribution in [2.75, 3.05) is 7.11 Å². The van der Waals surface area contributed by atoms with Crippen LogP contribution in [-0.2, 0) is 24.2 Å². The largest absolute Gasteiger partial charge is 2.00 e. The van der Waals surface area contributed by atoms with E-state index in [1.165, 1.54) is 13.2 Å². The Morgan fingerprint density at radius 2 is 2.23 bits per heavy atom. The minimum atomic E-state index is -0.424. The first-order chi connectivity index (χ1) is 5.24. The van der Waals surface area contributed by atoms with E-state index in [1.807, 2.05) is 0 Å². The Morgan fingerprint density at radius 3 is 2.69 bits per heavy atom. The number of halogens is 2. The summed E-state index contributed by atoms with van der Waals surface area (Å²) in [7, 11) is 1.32. The molecule has 0 unspecified atom stereocenters. The number of rotatable bonds is 1. The Bertz CT molecular complexity index is 281. The zero-order valence-electron chi connectivity index (χ0n) is 7.01. The maximum absolute atomic E-state index is 10.9. The van der Waals surface area contributed by atoms with Crippen LogP contribution in [0.1, 0.15) is 10.4 Å². The minimum absolute atomic E-state index is 0. The summed E-state index contributed by atoms with van der Waals surface area (Å²) in [5.41, 5.74) is 0.347. The van der Waals surface area contributed by atoms with Crippen LogP contribution in [0.5, 0.6) is 0 Å². The van der Waals surface area contributed by atoms with E-state index in [0.29, 0.717) is 10.6 Å². The van der Waals surface area contributed by atoms with Crippen molar-refractivity contribution < 1.29 is 46.0 Å². The van der Waals surface area contributed by atoms with E-state index >= 15 is 0 Å². The van der Waals surface area contributed by atoms with Gasteiger partial charge in [-0.25, -0.2) is 0 Å². The summed E-state index contributed by atoms with van der Waals surface area (Å²) in [5, 5.41) is 0.504. The summed E-state index contributed by atoms with van der Waals surface area (Å²) in [6.07, 6.45) is 0. The van der Waals surface area contributed by atoms with Gasteiger partial charge in [0.05, 0.1) is 7.11 Å². The molecule has 0 saturated carbocycles. The van der Waals surface area contributed by atoms with Crippen LogP contribution < -0.4 is 17.0 Å². The standard InChI is InChI=1S/C8H6ClO2.BrH.Zn/c1-11-8(10)6-3-2-4-7(9)5-6;;/h2,4-5H,1H3;1H;/q-1;;+2/p-1. The number of hydrogen-bond acceptors (Lipinski definition) is 2. The molecular formula is C8H6BrClO2Zn. The molecule has 13 heavy (non-hydrogen) atoms. The van der Waals surface area contributed by atoms with Gasteiger partial charge in [-0.3, -0.25) is 0 Å². The second-order valence-electron chi connectivity index (χ2n) is 1.91. The predicted octanol–water partition coefficient (Wildman–Crippen LogP) is -1.07. The van der Waals surface area contributed by atoms with Gasteiger partial charge in [-0.05, 0) is 5.02 Å². The third-order valence-electron chi connectivity index (χ3n) is 1.17. The van der Waals surface area contributed by atoms with E-state index in [9.17, 15) is 4.79 Å². The molecule has 66 valence electrons. The van der Waals surface area contributed by atoms with Crippen molar-refractivity contribution in [2.24, 2.45) is 0 Å². The molecular weight excluding hydrogens is 309 g/mol. The number of methoxy groups -OCH3 is 1. The number of esters is 1. The van der Waals surface area contributed by atoms with Crippen molar-refractivity contribution in [3.63, 3.8) is 0 Å². The Balaban J connectivity index is 0. The van der Waals surface area contributed by atoms with Crippen LogP contribution >= 0.6 is 11.6 Å². The molecule has 0 radical (unpaired) electrons. The Hall–Kier alpha value is 0.0834. The van der Waals surface area contributed by atoms with E-state index in [0.717, 1.165) is 0 Å². The van der Waals surface area contributed by atoms with Crippen LogP contribution in [-0.4, -0.2) is 13.1 Å². The molecule has 0 amide bonds. The number of ether oxygens (including phenoxy) is 1. The van der Waals surface area contributed by atoms with Crippen LogP contribution in [0.4, 0.5) is 0 Å². The van der Waals surface area contributed by atoms with Gasteiger partial charge < -0.3 is 26.5 Å². The fraction of sp³-hybridized carbons (Fsp3) is 0.125. The smallest absolute Gasteiger partial charge is 1.00 e. The average molecular weight is 315 g/mol. The first kappa shape index (κ1) is 15.6. The van der Waals surface area contributed by atoms with Gasteiger partial charge in [0, 0.05) is 0 Å². The van der Waals surface area contributed by atoms with Gasteiger partial charge in [0.25, 0.3) is 0 Å². The number of benzene rings is 1. The Kier molecular flexibility index (Phi) is 8.95. The minimum Gasteiger partial charge on any atom is -1.00 e. The zero-order valence-corrected chi connectivity index (χ0v) is 12.3. The number of hydrogen-bond donors (Lipinski definition) is 0. The van der Waals surface area contributed by atoms with Crippen molar-refractivity contribution in [1.82, 2.24) is 0 Å². The van der Waals surface area contributed by atoms with Crippen LogP contribution in [0.2, 0.25) is 5.02 Å². The molecule has 1 aromatic carbocycles. The first-order valence-corrected chi connectivity index (χ1v) is 3.37. The fourth-order valence-corrected chi connectivity index (χ4v) is 0.839. The molecule has 5 heteroatoms. The normalized spacial score (nSPS) is 7.85.